The molecule has 0 fully saturated rings. The zero-order valence-electron chi connectivity index (χ0n) is 18.6. The van der Waals surface area contributed by atoms with Crippen molar-refractivity contribution in [2.24, 2.45) is 0 Å². The van der Waals surface area contributed by atoms with E-state index in [1.54, 1.807) is 11.8 Å². The lowest BCUT2D eigenvalue weighted by Gasteiger charge is -2.14. The van der Waals surface area contributed by atoms with Gasteiger partial charge in [0.25, 0.3) is 0 Å². The van der Waals surface area contributed by atoms with Crippen LogP contribution < -0.4 is 18.9 Å². The highest BCUT2D eigenvalue weighted by molar-refractivity contribution is 7.99. The van der Waals surface area contributed by atoms with Crippen molar-refractivity contribution in [1.29, 1.82) is 0 Å². The van der Waals surface area contributed by atoms with E-state index in [4.69, 9.17) is 18.9 Å². The third kappa shape index (κ3) is 7.76. The Morgan fingerprint density at radius 2 is 0.882 bits per heavy atom. The number of hydrogen-bond acceptors (Lipinski definition) is 6. The molecule has 6 heteroatoms. The Hall–Kier alpha value is -3.61. The lowest BCUT2D eigenvalue weighted by atomic mass is 10.3. The summed E-state index contributed by atoms with van der Waals surface area (Å²) in [5.74, 6) is 2.95. The van der Waals surface area contributed by atoms with E-state index in [9.17, 15) is 5.11 Å². The van der Waals surface area contributed by atoms with E-state index in [2.05, 4.69) is 0 Å². The third-order valence-corrected chi connectivity index (χ3v) is 5.72. The molecule has 0 heterocycles. The van der Waals surface area contributed by atoms with Crippen LogP contribution in [0, 0.1) is 0 Å². The molecule has 0 aromatic heterocycles. The number of benzene rings is 4. The summed E-state index contributed by atoms with van der Waals surface area (Å²) in [5.41, 5.74) is 0. The molecule has 0 spiro atoms. The quantitative estimate of drug-likeness (QED) is 0.252. The molecule has 0 radical (unpaired) electrons. The first-order chi connectivity index (χ1) is 16.7. The fourth-order valence-corrected chi connectivity index (χ4v) is 3.79. The van der Waals surface area contributed by atoms with Gasteiger partial charge in [-0.15, -0.1) is 0 Å². The Bertz CT molecular complexity index is 1100. The van der Waals surface area contributed by atoms with Gasteiger partial charge in [-0.3, -0.25) is 0 Å². The van der Waals surface area contributed by atoms with Crippen LogP contribution in [0.15, 0.2) is 119 Å². The highest BCUT2D eigenvalue weighted by Crippen LogP contribution is 2.30. The zero-order chi connectivity index (χ0) is 23.4. The minimum atomic E-state index is -0.715. The number of hydrogen-bond donors (Lipinski definition) is 1. The monoisotopic (exact) mass is 474 g/mol. The average Bonchev–Trinajstić information content (AvgIpc) is 2.89. The second-order valence-electron chi connectivity index (χ2n) is 7.35. The van der Waals surface area contributed by atoms with Gasteiger partial charge in [-0.25, -0.2) is 0 Å². The van der Waals surface area contributed by atoms with Gasteiger partial charge in [-0.05, 0) is 72.8 Å². The molecular formula is C28H26O5S. The summed E-state index contributed by atoms with van der Waals surface area (Å²) in [4.78, 5) is 2.18. The summed E-state index contributed by atoms with van der Waals surface area (Å²) in [6.07, 6.45) is -0.715. The maximum Gasteiger partial charge on any atom is 0.230 e. The number of aliphatic hydroxyl groups excluding tert-OH is 1. The fourth-order valence-electron chi connectivity index (χ4n) is 2.98. The van der Waals surface area contributed by atoms with E-state index in [1.807, 2.05) is 109 Å². The Morgan fingerprint density at radius 3 is 1.35 bits per heavy atom. The Labute approximate surface area is 203 Å². The molecule has 1 N–H and O–H groups in total. The predicted octanol–water partition coefficient (Wildman–Crippen LogP) is 6.07. The van der Waals surface area contributed by atoms with Crippen molar-refractivity contribution in [3.8, 4) is 23.0 Å². The summed E-state index contributed by atoms with van der Waals surface area (Å²) < 4.78 is 22.4. The fraction of sp³-hybridized carbons (Fsp3) is 0.143. The van der Waals surface area contributed by atoms with Gasteiger partial charge in [-0.2, -0.15) is 0 Å². The smallest absolute Gasteiger partial charge is 0.230 e. The number of rotatable bonds is 12. The molecule has 0 aliphatic rings. The molecule has 4 aromatic carbocycles. The molecule has 4 rings (SSSR count). The minimum Gasteiger partial charge on any atom is -0.491 e. The first-order valence-corrected chi connectivity index (χ1v) is 11.7. The molecule has 0 aliphatic carbocycles. The predicted molar refractivity (Wildman–Crippen MR) is 133 cm³/mol. The largest absolute Gasteiger partial charge is 0.491 e. The van der Waals surface area contributed by atoms with Crippen LogP contribution in [0.3, 0.4) is 0 Å². The summed E-state index contributed by atoms with van der Waals surface area (Å²) in [6.45, 7) is 0.496. The van der Waals surface area contributed by atoms with Crippen molar-refractivity contribution in [2.45, 2.75) is 15.9 Å². The summed E-state index contributed by atoms with van der Waals surface area (Å²) >= 11 is 1.64. The summed E-state index contributed by atoms with van der Waals surface area (Å²) in [6, 6.07) is 34.6. The van der Waals surface area contributed by atoms with Gasteiger partial charge in [-0.1, -0.05) is 48.2 Å². The molecule has 5 nitrogen and oxygen atoms in total. The van der Waals surface area contributed by atoms with E-state index in [0.29, 0.717) is 5.75 Å². The normalized spacial score (nSPS) is 11.4. The number of para-hydroxylation sites is 2. The lowest BCUT2D eigenvalue weighted by Crippen LogP contribution is -2.25. The Balaban J connectivity index is 1.18. The van der Waals surface area contributed by atoms with Crippen LogP contribution in [0.1, 0.15) is 0 Å². The van der Waals surface area contributed by atoms with Gasteiger partial charge in [0.2, 0.25) is 6.79 Å². The van der Waals surface area contributed by atoms with E-state index in [0.717, 1.165) is 27.0 Å². The van der Waals surface area contributed by atoms with Crippen molar-refractivity contribution >= 4 is 11.8 Å². The van der Waals surface area contributed by atoms with E-state index >= 15 is 0 Å². The van der Waals surface area contributed by atoms with Crippen molar-refractivity contribution in [3.05, 3.63) is 109 Å². The van der Waals surface area contributed by atoms with Crippen LogP contribution in [0.5, 0.6) is 23.0 Å². The van der Waals surface area contributed by atoms with Crippen molar-refractivity contribution in [3.63, 3.8) is 0 Å². The van der Waals surface area contributed by atoms with Crippen LogP contribution in [-0.4, -0.2) is 31.2 Å². The second-order valence-corrected chi connectivity index (χ2v) is 8.50. The number of aliphatic hydroxyl groups is 1. The molecule has 0 saturated heterocycles. The first-order valence-electron chi connectivity index (χ1n) is 10.9. The molecule has 1 unspecified atom stereocenters. The standard InChI is InChI=1S/C28H26O5S/c29-22(19-30-23-7-3-1-4-8-23)20-31-25-11-15-27(16-12-25)34-28-17-13-26(14-18-28)33-21-32-24-9-5-2-6-10-24/h1-18,22,29H,19-21H2. The Kier molecular flexibility index (Phi) is 8.71. The SMILES string of the molecule is OC(COc1ccccc1)COc1ccc(Sc2ccc(OCOc3ccccc3)cc2)cc1. The van der Waals surface area contributed by atoms with Crippen LogP contribution in [0.25, 0.3) is 0 Å². The van der Waals surface area contributed by atoms with E-state index in [-0.39, 0.29) is 20.0 Å². The topological polar surface area (TPSA) is 57.2 Å². The molecule has 34 heavy (non-hydrogen) atoms. The highest BCUT2D eigenvalue weighted by Gasteiger charge is 2.07. The van der Waals surface area contributed by atoms with Crippen molar-refractivity contribution in [1.82, 2.24) is 0 Å². The van der Waals surface area contributed by atoms with Gasteiger partial charge in [0.1, 0.15) is 42.3 Å². The maximum atomic E-state index is 10.1. The molecule has 0 aliphatic heterocycles. The summed E-state index contributed by atoms with van der Waals surface area (Å²) in [5, 5.41) is 10.1. The average molecular weight is 475 g/mol. The molecule has 4 aromatic rings. The van der Waals surface area contributed by atoms with E-state index < -0.39 is 6.10 Å². The maximum absolute atomic E-state index is 10.1. The first kappa shape index (κ1) is 23.5. The van der Waals surface area contributed by atoms with Crippen molar-refractivity contribution < 1.29 is 24.1 Å². The van der Waals surface area contributed by atoms with Gasteiger partial charge < -0.3 is 24.1 Å². The van der Waals surface area contributed by atoms with Crippen LogP contribution in [0.2, 0.25) is 0 Å². The molecule has 1 atom stereocenters. The molecular weight excluding hydrogens is 448 g/mol. The lowest BCUT2D eigenvalue weighted by molar-refractivity contribution is 0.0626. The van der Waals surface area contributed by atoms with Crippen molar-refractivity contribution in [2.75, 3.05) is 20.0 Å². The molecule has 0 saturated carbocycles. The van der Waals surface area contributed by atoms with Crippen LogP contribution >= 0.6 is 11.8 Å². The minimum absolute atomic E-state index is 0.158. The third-order valence-electron chi connectivity index (χ3n) is 4.71. The zero-order valence-corrected chi connectivity index (χ0v) is 19.4. The van der Waals surface area contributed by atoms with Gasteiger partial charge in [0.15, 0.2) is 0 Å². The van der Waals surface area contributed by atoms with Crippen LogP contribution in [-0.2, 0) is 0 Å². The molecule has 0 amide bonds. The van der Waals surface area contributed by atoms with Crippen LogP contribution in [0.4, 0.5) is 0 Å². The molecule has 174 valence electrons. The van der Waals surface area contributed by atoms with Gasteiger partial charge in [0.05, 0.1) is 0 Å². The highest BCUT2D eigenvalue weighted by atomic mass is 32.2. The van der Waals surface area contributed by atoms with Gasteiger partial charge >= 0.3 is 0 Å². The second kappa shape index (κ2) is 12.6. The van der Waals surface area contributed by atoms with Gasteiger partial charge in [0, 0.05) is 9.79 Å². The Morgan fingerprint density at radius 1 is 0.500 bits per heavy atom. The van der Waals surface area contributed by atoms with E-state index in [1.165, 1.54) is 0 Å². The molecule has 0 bridgehead atoms. The summed E-state index contributed by atoms with van der Waals surface area (Å²) in [7, 11) is 0. The number of ether oxygens (including phenoxy) is 4.